The zero-order valence-corrected chi connectivity index (χ0v) is 10.7. The van der Waals surface area contributed by atoms with E-state index in [-0.39, 0.29) is 12.4 Å². The van der Waals surface area contributed by atoms with Gasteiger partial charge in [-0.1, -0.05) is 0 Å². The molecule has 0 aliphatic heterocycles. The number of aliphatic hydroxyl groups excluding tert-OH is 1. The molecule has 0 heterocycles. The molecule has 1 aromatic rings. The summed E-state index contributed by atoms with van der Waals surface area (Å²) in [5, 5.41) is 18.7. The molecule has 1 rings (SSSR count). The lowest BCUT2D eigenvalue weighted by atomic mass is 10.2. The van der Waals surface area contributed by atoms with Crippen molar-refractivity contribution in [2.24, 2.45) is 0 Å². The molecule has 2 N–H and O–H groups in total. The number of aromatic hydroxyl groups is 1. The molecule has 0 radical (unpaired) electrons. The molecule has 5 heteroatoms. The Morgan fingerprint density at radius 3 is 2.50 bits per heavy atom. The molecule has 1 aromatic carbocycles. The molecule has 3 nitrogen and oxygen atoms in total. The van der Waals surface area contributed by atoms with Crippen LogP contribution in [0.15, 0.2) is 15.0 Å². The third-order valence-electron chi connectivity index (χ3n) is 1.69. The normalized spacial score (nSPS) is 10.3. The van der Waals surface area contributed by atoms with Crippen molar-refractivity contribution < 1.29 is 14.9 Å². The molecule has 78 valence electrons. The number of hydrogen-bond donors (Lipinski definition) is 2. The molecule has 0 amide bonds. The highest BCUT2D eigenvalue weighted by Crippen LogP contribution is 2.41. The second-order valence-corrected chi connectivity index (χ2v) is 4.19. The van der Waals surface area contributed by atoms with Gasteiger partial charge in [-0.3, -0.25) is 0 Å². The number of hydrogen-bond acceptors (Lipinski definition) is 3. The van der Waals surface area contributed by atoms with Crippen molar-refractivity contribution in [3.63, 3.8) is 0 Å². The van der Waals surface area contributed by atoms with E-state index in [0.29, 0.717) is 26.9 Å². The van der Waals surface area contributed by atoms with E-state index in [4.69, 9.17) is 9.84 Å². The van der Waals surface area contributed by atoms with Crippen molar-refractivity contribution in [3.05, 3.63) is 20.6 Å². The van der Waals surface area contributed by atoms with Gasteiger partial charge >= 0.3 is 0 Å². The van der Waals surface area contributed by atoms with Gasteiger partial charge in [0.25, 0.3) is 0 Å². The highest BCUT2D eigenvalue weighted by molar-refractivity contribution is 9.13. The quantitative estimate of drug-likeness (QED) is 0.898. The first-order valence-corrected chi connectivity index (χ1v) is 5.63. The Bertz CT molecular complexity index is 339. The average Bonchev–Trinajstić information content (AvgIpc) is 2.19. The van der Waals surface area contributed by atoms with Crippen molar-refractivity contribution in [2.45, 2.75) is 13.5 Å². The Balaban J connectivity index is 3.25. The monoisotopic (exact) mass is 324 g/mol. The van der Waals surface area contributed by atoms with Crippen LogP contribution in [0.1, 0.15) is 12.5 Å². The third-order valence-corrected chi connectivity index (χ3v) is 3.90. The van der Waals surface area contributed by atoms with Gasteiger partial charge in [-0.15, -0.1) is 0 Å². The molecule has 0 spiro atoms. The molecule has 0 bridgehead atoms. The molecule has 0 aliphatic carbocycles. The van der Waals surface area contributed by atoms with Crippen LogP contribution in [0, 0.1) is 0 Å². The fourth-order valence-corrected chi connectivity index (χ4v) is 1.90. The summed E-state index contributed by atoms with van der Waals surface area (Å²) in [6.45, 7) is 2.18. The van der Waals surface area contributed by atoms with Crippen LogP contribution in [0.5, 0.6) is 11.5 Å². The number of benzene rings is 1. The summed E-state index contributed by atoms with van der Waals surface area (Å²) in [6.07, 6.45) is 0. The predicted molar refractivity (Wildman–Crippen MR) is 60.6 cm³/mol. The van der Waals surface area contributed by atoms with Crippen LogP contribution in [-0.2, 0) is 6.61 Å². The van der Waals surface area contributed by atoms with E-state index in [1.165, 1.54) is 0 Å². The van der Waals surface area contributed by atoms with Crippen molar-refractivity contribution >= 4 is 31.9 Å². The van der Waals surface area contributed by atoms with Gasteiger partial charge in [0.2, 0.25) is 0 Å². The second kappa shape index (κ2) is 5.00. The summed E-state index contributed by atoms with van der Waals surface area (Å²) in [5.74, 6) is 0.405. The second-order valence-electron chi connectivity index (χ2n) is 2.60. The van der Waals surface area contributed by atoms with E-state index in [2.05, 4.69) is 31.9 Å². The van der Waals surface area contributed by atoms with Crippen LogP contribution < -0.4 is 4.74 Å². The van der Waals surface area contributed by atoms with Crippen molar-refractivity contribution in [1.82, 2.24) is 0 Å². The molecule has 0 aromatic heterocycles. The van der Waals surface area contributed by atoms with E-state index in [0.717, 1.165) is 0 Å². The van der Waals surface area contributed by atoms with Crippen LogP contribution in [0.3, 0.4) is 0 Å². The molecule has 0 saturated carbocycles. The number of ether oxygens (including phenoxy) is 1. The largest absolute Gasteiger partial charge is 0.503 e. The first-order chi connectivity index (χ1) is 6.61. The molecule has 0 fully saturated rings. The zero-order valence-electron chi connectivity index (χ0n) is 7.55. The van der Waals surface area contributed by atoms with E-state index >= 15 is 0 Å². The van der Waals surface area contributed by atoms with E-state index in [1.807, 2.05) is 6.92 Å². The Morgan fingerprint density at radius 1 is 1.36 bits per heavy atom. The van der Waals surface area contributed by atoms with Crippen LogP contribution >= 0.6 is 31.9 Å². The fraction of sp³-hybridized carbons (Fsp3) is 0.333. The van der Waals surface area contributed by atoms with Crippen LogP contribution in [0.25, 0.3) is 0 Å². The van der Waals surface area contributed by atoms with Gasteiger partial charge in [-0.2, -0.15) is 0 Å². The Labute approximate surface area is 99.0 Å². The van der Waals surface area contributed by atoms with Crippen molar-refractivity contribution in [1.29, 1.82) is 0 Å². The van der Waals surface area contributed by atoms with Crippen molar-refractivity contribution in [3.8, 4) is 11.5 Å². The number of phenolic OH excluding ortho intramolecular Hbond substituents is 1. The number of aliphatic hydroxyl groups is 1. The maximum Gasteiger partial charge on any atom is 0.173 e. The standard InChI is InChI=1S/C9H10Br2O3/c1-2-14-6-3-5(4-12)7(10)8(11)9(6)13/h3,12-13H,2,4H2,1H3. The Morgan fingerprint density at radius 2 is 2.00 bits per heavy atom. The topological polar surface area (TPSA) is 49.7 Å². The summed E-state index contributed by atoms with van der Waals surface area (Å²) in [5.41, 5.74) is 0.665. The van der Waals surface area contributed by atoms with Gasteiger partial charge < -0.3 is 14.9 Å². The maximum absolute atomic E-state index is 9.65. The van der Waals surface area contributed by atoms with E-state index in [1.54, 1.807) is 6.07 Å². The lowest BCUT2D eigenvalue weighted by Crippen LogP contribution is -1.95. The molecular formula is C9H10Br2O3. The highest BCUT2D eigenvalue weighted by Gasteiger charge is 2.14. The molecular weight excluding hydrogens is 316 g/mol. The molecule has 0 atom stereocenters. The van der Waals surface area contributed by atoms with Gasteiger partial charge in [-0.05, 0) is 50.4 Å². The van der Waals surface area contributed by atoms with E-state index < -0.39 is 0 Å². The molecule has 0 aliphatic rings. The van der Waals surface area contributed by atoms with Gasteiger partial charge in [0.15, 0.2) is 11.5 Å². The lowest BCUT2D eigenvalue weighted by Gasteiger charge is -2.11. The number of halogens is 2. The fourth-order valence-electron chi connectivity index (χ4n) is 1.02. The van der Waals surface area contributed by atoms with Gasteiger partial charge in [0.05, 0.1) is 17.7 Å². The summed E-state index contributed by atoms with van der Waals surface area (Å²) in [7, 11) is 0. The lowest BCUT2D eigenvalue weighted by molar-refractivity contribution is 0.277. The molecule has 0 saturated heterocycles. The predicted octanol–water partition coefficient (Wildman–Crippen LogP) is 2.81. The van der Waals surface area contributed by atoms with Crippen molar-refractivity contribution in [2.75, 3.05) is 6.61 Å². The minimum Gasteiger partial charge on any atom is -0.503 e. The zero-order chi connectivity index (χ0) is 10.7. The summed E-state index contributed by atoms with van der Waals surface area (Å²) in [6, 6.07) is 1.60. The Kier molecular flexibility index (Phi) is 4.22. The molecule has 14 heavy (non-hydrogen) atoms. The summed E-state index contributed by atoms with van der Waals surface area (Å²) in [4.78, 5) is 0. The highest BCUT2D eigenvalue weighted by atomic mass is 79.9. The van der Waals surface area contributed by atoms with Gasteiger partial charge in [-0.25, -0.2) is 0 Å². The minimum atomic E-state index is -0.112. The Hall–Kier alpha value is -0.260. The number of rotatable bonds is 3. The third kappa shape index (κ3) is 2.21. The first kappa shape index (κ1) is 11.8. The SMILES string of the molecule is CCOc1cc(CO)c(Br)c(Br)c1O. The van der Waals surface area contributed by atoms with Crippen LogP contribution in [0.2, 0.25) is 0 Å². The van der Waals surface area contributed by atoms with Crippen LogP contribution in [0.4, 0.5) is 0 Å². The maximum atomic E-state index is 9.65. The minimum absolute atomic E-state index is 0.0379. The summed E-state index contributed by atoms with van der Waals surface area (Å²) >= 11 is 6.46. The molecule has 0 unspecified atom stereocenters. The number of phenols is 1. The van der Waals surface area contributed by atoms with Gasteiger partial charge in [0, 0.05) is 4.47 Å². The smallest absolute Gasteiger partial charge is 0.173 e. The van der Waals surface area contributed by atoms with E-state index in [9.17, 15) is 5.11 Å². The van der Waals surface area contributed by atoms with Crippen LogP contribution in [-0.4, -0.2) is 16.8 Å². The van der Waals surface area contributed by atoms with Gasteiger partial charge in [0.1, 0.15) is 0 Å². The first-order valence-electron chi connectivity index (χ1n) is 4.05. The summed E-state index contributed by atoms with van der Waals surface area (Å²) < 4.78 is 6.34. The average molecular weight is 326 g/mol.